The molecule has 2 fully saturated rings. The molecule has 0 bridgehead atoms. The summed E-state index contributed by atoms with van der Waals surface area (Å²) in [6.45, 7) is 7.83. The molecule has 6 heteroatoms. The standard InChI is InChI=1S/C14H14ClN3O2/c1-7-4-11-13(19)18(14(20)17(11)6-7)12-8(2)5-10(15)9(3)16-12/h5,11H,1,4,6H2,2-3H3. The molecule has 0 spiro atoms. The largest absolute Gasteiger partial charge is 0.333 e. The summed E-state index contributed by atoms with van der Waals surface area (Å²) in [7, 11) is 0. The van der Waals surface area contributed by atoms with E-state index in [2.05, 4.69) is 11.6 Å². The van der Waals surface area contributed by atoms with Gasteiger partial charge in [0.05, 0.1) is 10.7 Å². The fraction of sp³-hybridized carbons (Fsp3) is 0.357. The first-order valence-corrected chi connectivity index (χ1v) is 6.73. The maximum atomic E-state index is 12.4. The summed E-state index contributed by atoms with van der Waals surface area (Å²) < 4.78 is 0. The second-order valence-electron chi connectivity index (χ2n) is 5.25. The number of pyridine rings is 1. The lowest BCUT2D eigenvalue weighted by Crippen LogP contribution is -2.34. The lowest BCUT2D eigenvalue weighted by atomic mass is 10.1. The number of carbonyl (C=O) groups is 2. The van der Waals surface area contributed by atoms with E-state index in [4.69, 9.17) is 11.6 Å². The third-order valence-corrected chi connectivity index (χ3v) is 4.10. The Balaban J connectivity index is 2.04. The van der Waals surface area contributed by atoms with E-state index in [9.17, 15) is 9.59 Å². The fourth-order valence-corrected chi connectivity index (χ4v) is 2.88. The third kappa shape index (κ3) is 1.73. The predicted molar refractivity (Wildman–Crippen MR) is 75.9 cm³/mol. The van der Waals surface area contributed by atoms with E-state index in [0.717, 1.165) is 10.5 Å². The van der Waals surface area contributed by atoms with Gasteiger partial charge in [-0.25, -0.2) is 14.7 Å². The molecule has 0 saturated carbocycles. The predicted octanol–water partition coefficient (Wildman–Crippen LogP) is 2.45. The van der Waals surface area contributed by atoms with Gasteiger partial charge < -0.3 is 4.90 Å². The van der Waals surface area contributed by atoms with Gasteiger partial charge >= 0.3 is 6.03 Å². The molecule has 0 aromatic carbocycles. The second-order valence-corrected chi connectivity index (χ2v) is 5.66. The summed E-state index contributed by atoms with van der Waals surface area (Å²) in [6, 6.07) is 0.977. The van der Waals surface area contributed by atoms with E-state index in [0.29, 0.717) is 35.1 Å². The number of aromatic nitrogens is 1. The normalized spacial score (nSPS) is 21.9. The number of imide groups is 1. The topological polar surface area (TPSA) is 53.5 Å². The number of rotatable bonds is 1. The van der Waals surface area contributed by atoms with Crippen LogP contribution in [0.1, 0.15) is 17.7 Å². The van der Waals surface area contributed by atoms with E-state index >= 15 is 0 Å². The van der Waals surface area contributed by atoms with Gasteiger partial charge in [-0.15, -0.1) is 0 Å². The van der Waals surface area contributed by atoms with Crippen LogP contribution in [-0.2, 0) is 4.79 Å². The van der Waals surface area contributed by atoms with Gasteiger partial charge in [0, 0.05) is 6.54 Å². The Bertz CT molecular complexity index is 630. The highest BCUT2D eigenvalue weighted by atomic mass is 35.5. The molecule has 2 aliphatic rings. The smallest absolute Gasteiger partial charge is 0.308 e. The number of hydrogen-bond donors (Lipinski definition) is 0. The SMILES string of the molecule is C=C1CC2C(=O)N(c3nc(C)c(Cl)cc3C)C(=O)N2C1. The minimum absolute atomic E-state index is 0.231. The van der Waals surface area contributed by atoms with Crippen LogP contribution in [0.5, 0.6) is 0 Å². The van der Waals surface area contributed by atoms with Crippen molar-refractivity contribution in [1.82, 2.24) is 9.88 Å². The average Bonchev–Trinajstić information content (AvgIpc) is 2.85. The molecule has 104 valence electrons. The van der Waals surface area contributed by atoms with E-state index in [1.807, 2.05) is 0 Å². The summed E-state index contributed by atoms with van der Waals surface area (Å²) in [5.74, 6) is 0.146. The van der Waals surface area contributed by atoms with Crippen molar-refractivity contribution in [3.8, 4) is 0 Å². The summed E-state index contributed by atoms with van der Waals surface area (Å²) in [5.41, 5.74) is 2.22. The van der Waals surface area contributed by atoms with Crippen molar-refractivity contribution in [2.24, 2.45) is 0 Å². The Kier molecular flexibility index (Phi) is 2.83. The molecule has 3 rings (SSSR count). The van der Waals surface area contributed by atoms with Crippen molar-refractivity contribution in [2.75, 3.05) is 11.4 Å². The number of carbonyl (C=O) groups excluding carboxylic acids is 2. The molecule has 20 heavy (non-hydrogen) atoms. The van der Waals surface area contributed by atoms with Gasteiger partial charge in [0.2, 0.25) is 0 Å². The number of aryl methyl sites for hydroxylation is 2. The van der Waals surface area contributed by atoms with Gasteiger partial charge in [0.15, 0.2) is 0 Å². The zero-order chi connectivity index (χ0) is 14.6. The number of fused-ring (bicyclic) bond motifs is 1. The Morgan fingerprint density at radius 3 is 2.75 bits per heavy atom. The first-order chi connectivity index (χ1) is 9.40. The minimum Gasteiger partial charge on any atom is -0.308 e. The molecule has 2 saturated heterocycles. The Hall–Kier alpha value is -1.88. The molecular formula is C14H14ClN3O2. The summed E-state index contributed by atoms with van der Waals surface area (Å²) in [4.78, 5) is 31.9. The Morgan fingerprint density at radius 2 is 2.10 bits per heavy atom. The monoisotopic (exact) mass is 291 g/mol. The van der Waals surface area contributed by atoms with Crippen LogP contribution < -0.4 is 4.90 Å². The molecule has 3 heterocycles. The van der Waals surface area contributed by atoms with E-state index < -0.39 is 6.04 Å². The number of amides is 3. The maximum absolute atomic E-state index is 12.4. The summed E-state index contributed by atoms with van der Waals surface area (Å²) in [5, 5.41) is 0.527. The molecule has 0 aliphatic carbocycles. The Labute approximate surface area is 121 Å². The molecule has 3 amide bonds. The van der Waals surface area contributed by atoms with Gasteiger partial charge in [0.25, 0.3) is 5.91 Å². The molecular weight excluding hydrogens is 278 g/mol. The highest BCUT2D eigenvalue weighted by Crippen LogP contribution is 2.34. The van der Waals surface area contributed by atoms with Crippen LogP contribution in [-0.4, -0.2) is 34.4 Å². The molecule has 1 aromatic rings. The van der Waals surface area contributed by atoms with Crippen molar-refractivity contribution in [1.29, 1.82) is 0 Å². The fourth-order valence-electron chi connectivity index (χ4n) is 2.67. The van der Waals surface area contributed by atoms with Gasteiger partial charge in [0.1, 0.15) is 11.9 Å². The van der Waals surface area contributed by atoms with Crippen LogP contribution in [0, 0.1) is 13.8 Å². The van der Waals surface area contributed by atoms with Gasteiger partial charge in [-0.2, -0.15) is 0 Å². The van der Waals surface area contributed by atoms with Crippen LogP contribution in [0.15, 0.2) is 18.2 Å². The second kappa shape index (κ2) is 4.31. The number of halogens is 1. The number of urea groups is 1. The van der Waals surface area contributed by atoms with Crippen LogP contribution in [0.2, 0.25) is 5.02 Å². The average molecular weight is 292 g/mol. The third-order valence-electron chi connectivity index (χ3n) is 3.72. The highest BCUT2D eigenvalue weighted by Gasteiger charge is 2.50. The first kappa shape index (κ1) is 13.1. The lowest BCUT2D eigenvalue weighted by Gasteiger charge is -2.17. The van der Waals surface area contributed by atoms with Gasteiger partial charge in [-0.05, 0) is 31.9 Å². The quantitative estimate of drug-likeness (QED) is 0.590. The summed E-state index contributed by atoms with van der Waals surface area (Å²) >= 11 is 6.01. The summed E-state index contributed by atoms with van der Waals surface area (Å²) in [6.07, 6.45) is 0.534. The van der Waals surface area contributed by atoms with E-state index in [1.165, 1.54) is 0 Å². The molecule has 0 radical (unpaired) electrons. The zero-order valence-corrected chi connectivity index (χ0v) is 12.1. The Morgan fingerprint density at radius 1 is 1.40 bits per heavy atom. The number of hydrogen-bond acceptors (Lipinski definition) is 3. The first-order valence-electron chi connectivity index (χ1n) is 6.35. The van der Waals surface area contributed by atoms with Crippen molar-refractivity contribution in [3.63, 3.8) is 0 Å². The van der Waals surface area contributed by atoms with Gasteiger partial charge in [-0.1, -0.05) is 23.8 Å². The molecule has 5 nitrogen and oxygen atoms in total. The lowest BCUT2D eigenvalue weighted by molar-refractivity contribution is -0.119. The van der Waals surface area contributed by atoms with Crippen molar-refractivity contribution < 1.29 is 9.59 Å². The van der Waals surface area contributed by atoms with Crippen LogP contribution in [0.4, 0.5) is 10.6 Å². The number of nitrogens with zero attached hydrogens (tertiary/aromatic N) is 3. The molecule has 1 aromatic heterocycles. The van der Waals surface area contributed by atoms with Crippen LogP contribution >= 0.6 is 11.6 Å². The van der Waals surface area contributed by atoms with Crippen molar-refractivity contribution in [3.05, 3.63) is 34.5 Å². The minimum atomic E-state index is -0.424. The molecule has 1 atom stereocenters. The zero-order valence-electron chi connectivity index (χ0n) is 11.3. The van der Waals surface area contributed by atoms with E-state index in [-0.39, 0.29) is 11.9 Å². The maximum Gasteiger partial charge on any atom is 0.333 e. The molecule has 1 unspecified atom stereocenters. The van der Waals surface area contributed by atoms with Crippen molar-refractivity contribution in [2.45, 2.75) is 26.3 Å². The number of anilines is 1. The van der Waals surface area contributed by atoms with Gasteiger partial charge in [-0.3, -0.25) is 4.79 Å². The molecule has 0 N–H and O–H groups in total. The molecule has 2 aliphatic heterocycles. The van der Waals surface area contributed by atoms with E-state index in [1.54, 1.807) is 24.8 Å². The van der Waals surface area contributed by atoms with Crippen LogP contribution in [0.25, 0.3) is 0 Å². The highest BCUT2D eigenvalue weighted by molar-refractivity contribution is 6.31. The van der Waals surface area contributed by atoms with Crippen molar-refractivity contribution >= 4 is 29.4 Å². The van der Waals surface area contributed by atoms with Crippen LogP contribution in [0.3, 0.4) is 0 Å².